The van der Waals surface area contributed by atoms with Crippen molar-refractivity contribution in [3.05, 3.63) is 0 Å². The van der Waals surface area contributed by atoms with Crippen LogP contribution in [0.4, 0.5) is 0 Å². The third-order valence-corrected chi connectivity index (χ3v) is 4.14. The molecule has 0 saturated carbocycles. The van der Waals surface area contributed by atoms with E-state index in [0.29, 0.717) is 0 Å². The Labute approximate surface area is 121 Å². The summed E-state index contributed by atoms with van der Waals surface area (Å²) in [6, 6.07) is 0. The molecule has 20 heavy (non-hydrogen) atoms. The maximum atomic E-state index is 9.89. The Morgan fingerprint density at radius 2 is 0.850 bits per heavy atom. The summed E-state index contributed by atoms with van der Waals surface area (Å²) in [6.07, 6.45) is 1.44. The van der Waals surface area contributed by atoms with Crippen LogP contribution in [0.1, 0.15) is 40.5 Å². The van der Waals surface area contributed by atoms with Gasteiger partial charge in [0, 0.05) is 13.2 Å². The predicted molar refractivity (Wildman–Crippen MR) is 76.8 cm³/mol. The van der Waals surface area contributed by atoms with E-state index >= 15 is 0 Å². The average Bonchev–Trinajstić information content (AvgIpc) is 2.25. The number of hydrogen-bond donors (Lipinski definition) is 4. The largest absolute Gasteiger partial charge is 0.396 e. The van der Waals surface area contributed by atoms with Gasteiger partial charge in [-0.05, 0) is 40.5 Å². The first-order valence-electron chi connectivity index (χ1n) is 5.95. The number of unbranched alkanes of at least 4 members (excludes halogenated alkanes) is 1. The molecule has 126 valence electrons. The molecule has 0 aliphatic heterocycles. The quantitative estimate of drug-likeness (QED) is 0.413. The van der Waals surface area contributed by atoms with Crippen LogP contribution in [0.25, 0.3) is 0 Å². The third kappa shape index (κ3) is 22.9. The van der Waals surface area contributed by atoms with E-state index in [1.54, 1.807) is 0 Å². The highest BCUT2D eigenvalue weighted by Gasteiger charge is 2.09. The van der Waals surface area contributed by atoms with Crippen LogP contribution in [-0.4, -0.2) is 59.9 Å². The van der Waals surface area contributed by atoms with Crippen LogP contribution < -0.4 is 0 Å². The van der Waals surface area contributed by atoms with Crippen molar-refractivity contribution in [3.63, 3.8) is 0 Å². The Morgan fingerprint density at radius 1 is 0.700 bits per heavy atom. The van der Waals surface area contributed by atoms with Gasteiger partial charge < -0.3 is 10.2 Å². The Bertz CT molecular complexity index is 357. The molecule has 0 aliphatic rings. The molecule has 10 heteroatoms. The Balaban J connectivity index is -0.000000218. The minimum atomic E-state index is -3.74. The first kappa shape index (κ1) is 24.7. The van der Waals surface area contributed by atoms with Crippen LogP contribution in [0.15, 0.2) is 0 Å². The van der Waals surface area contributed by atoms with E-state index in [0.717, 1.165) is 12.8 Å². The molecule has 0 atom stereocenters. The summed E-state index contributed by atoms with van der Waals surface area (Å²) in [5.41, 5.74) is 0. The maximum Gasteiger partial charge on any atom is 0.267 e. The second kappa shape index (κ2) is 12.5. The smallest absolute Gasteiger partial charge is 0.267 e. The second-order valence-electron chi connectivity index (χ2n) is 4.28. The van der Waals surface area contributed by atoms with E-state index in [-0.39, 0.29) is 13.2 Å². The fourth-order valence-corrected chi connectivity index (χ4v) is 0.224. The molecule has 0 amide bonds. The molecule has 0 aliphatic carbocycles. The third-order valence-electron chi connectivity index (χ3n) is 1.76. The molecule has 8 nitrogen and oxygen atoms in total. The standard InChI is InChI=1S/C4H10O2.2C3H8O3S/c5-3-1-2-4-6;2*1-3(2)7(4,5)6/h5-6H,1-4H2;2*3H,1-2H3,(H,4,5,6). The van der Waals surface area contributed by atoms with Gasteiger partial charge in [-0.25, -0.2) is 0 Å². The van der Waals surface area contributed by atoms with Gasteiger partial charge in [-0.15, -0.1) is 0 Å². The van der Waals surface area contributed by atoms with E-state index in [1.165, 1.54) is 27.7 Å². The Hall–Kier alpha value is -0.260. The van der Waals surface area contributed by atoms with Crippen LogP contribution in [0.5, 0.6) is 0 Å². The monoisotopic (exact) mass is 338 g/mol. The molecule has 0 aromatic rings. The summed E-state index contributed by atoms with van der Waals surface area (Å²) >= 11 is 0. The summed E-state index contributed by atoms with van der Waals surface area (Å²) in [5, 5.41) is 14.8. The van der Waals surface area contributed by atoms with Crippen molar-refractivity contribution < 1.29 is 36.2 Å². The topological polar surface area (TPSA) is 149 Å². The molecule has 0 spiro atoms. The molecule has 0 fully saturated rings. The molecular formula is C10H26O8S2. The van der Waals surface area contributed by atoms with Crippen LogP contribution in [-0.2, 0) is 20.2 Å². The first-order chi connectivity index (χ1) is 8.80. The van der Waals surface area contributed by atoms with Gasteiger partial charge in [-0.3, -0.25) is 9.11 Å². The van der Waals surface area contributed by atoms with Crippen LogP contribution >= 0.6 is 0 Å². The lowest BCUT2D eigenvalue weighted by molar-refractivity contribution is 0.242. The second-order valence-corrected chi connectivity index (χ2v) is 8.23. The highest BCUT2D eigenvalue weighted by molar-refractivity contribution is 7.86. The Morgan fingerprint density at radius 3 is 0.900 bits per heavy atom. The lowest BCUT2D eigenvalue weighted by Gasteiger charge is -1.94. The minimum absolute atomic E-state index is 0.195. The maximum absolute atomic E-state index is 9.89. The number of hydrogen-bond acceptors (Lipinski definition) is 6. The van der Waals surface area contributed by atoms with Crippen molar-refractivity contribution >= 4 is 20.2 Å². The first-order valence-corrected chi connectivity index (χ1v) is 8.95. The Kier molecular flexibility index (Phi) is 15.4. The average molecular weight is 338 g/mol. The van der Waals surface area contributed by atoms with E-state index in [4.69, 9.17) is 19.3 Å². The van der Waals surface area contributed by atoms with E-state index in [2.05, 4.69) is 0 Å². The van der Waals surface area contributed by atoms with Crippen molar-refractivity contribution in [3.8, 4) is 0 Å². The van der Waals surface area contributed by atoms with Crippen LogP contribution in [0.3, 0.4) is 0 Å². The molecule has 0 bridgehead atoms. The zero-order valence-corrected chi connectivity index (χ0v) is 13.9. The molecule has 0 rings (SSSR count). The van der Waals surface area contributed by atoms with Gasteiger partial charge in [0.05, 0.1) is 10.5 Å². The van der Waals surface area contributed by atoms with Crippen molar-refractivity contribution in [2.45, 2.75) is 51.0 Å². The molecule has 0 saturated heterocycles. The molecule has 0 unspecified atom stereocenters. The fourth-order valence-electron chi connectivity index (χ4n) is 0.224. The normalized spacial score (nSPS) is 11.5. The van der Waals surface area contributed by atoms with Crippen molar-refractivity contribution in [2.75, 3.05) is 13.2 Å². The number of aliphatic hydroxyl groups is 2. The zero-order valence-electron chi connectivity index (χ0n) is 12.2. The molecule has 0 radical (unpaired) electrons. The fraction of sp³-hybridized carbons (Fsp3) is 1.00. The van der Waals surface area contributed by atoms with Gasteiger partial charge in [0.1, 0.15) is 0 Å². The minimum Gasteiger partial charge on any atom is -0.396 e. The predicted octanol–water partition coefficient (Wildman–Crippen LogP) is 0.316. The highest BCUT2D eigenvalue weighted by Crippen LogP contribution is 1.92. The molecule has 0 aromatic carbocycles. The van der Waals surface area contributed by atoms with E-state index < -0.39 is 30.7 Å². The molecular weight excluding hydrogens is 312 g/mol. The number of aliphatic hydroxyl groups excluding tert-OH is 2. The van der Waals surface area contributed by atoms with Gasteiger partial charge in [0.2, 0.25) is 0 Å². The summed E-state index contributed by atoms with van der Waals surface area (Å²) < 4.78 is 55.7. The zero-order chi connectivity index (χ0) is 17.0. The SMILES string of the molecule is CC(C)S(=O)(=O)O.CC(C)S(=O)(=O)O.OCCCCO. The van der Waals surface area contributed by atoms with Gasteiger partial charge in [0.15, 0.2) is 0 Å². The van der Waals surface area contributed by atoms with Crippen LogP contribution in [0.2, 0.25) is 0 Å². The molecule has 0 heterocycles. The van der Waals surface area contributed by atoms with Crippen molar-refractivity contribution in [1.82, 2.24) is 0 Å². The van der Waals surface area contributed by atoms with Crippen LogP contribution in [0, 0.1) is 0 Å². The van der Waals surface area contributed by atoms with E-state index in [9.17, 15) is 16.8 Å². The van der Waals surface area contributed by atoms with Gasteiger partial charge in [0.25, 0.3) is 20.2 Å². The summed E-state index contributed by atoms with van der Waals surface area (Å²) in [5.74, 6) is 0. The highest BCUT2D eigenvalue weighted by atomic mass is 32.2. The molecule has 4 N–H and O–H groups in total. The van der Waals surface area contributed by atoms with Gasteiger partial charge >= 0.3 is 0 Å². The van der Waals surface area contributed by atoms with Gasteiger partial charge in [-0.2, -0.15) is 16.8 Å². The molecule has 0 aromatic heterocycles. The summed E-state index contributed by atoms with van der Waals surface area (Å²) in [4.78, 5) is 0. The van der Waals surface area contributed by atoms with Crippen molar-refractivity contribution in [2.24, 2.45) is 0 Å². The summed E-state index contributed by atoms with van der Waals surface area (Å²) in [6.45, 7) is 6.04. The summed E-state index contributed by atoms with van der Waals surface area (Å²) in [7, 11) is -7.48. The lowest BCUT2D eigenvalue weighted by atomic mass is 10.3. The number of rotatable bonds is 5. The van der Waals surface area contributed by atoms with E-state index in [1.807, 2.05) is 0 Å². The van der Waals surface area contributed by atoms with Crippen molar-refractivity contribution in [1.29, 1.82) is 0 Å². The lowest BCUT2D eigenvalue weighted by Crippen LogP contribution is -2.10. The van der Waals surface area contributed by atoms with Gasteiger partial charge in [-0.1, -0.05) is 0 Å².